The maximum atomic E-state index is 12.8. The first-order valence-electron chi connectivity index (χ1n) is 8.70. The second kappa shape index (κ2) is 7.32. The van der Waals surface area contributed by atoms with Crippen LogP contribution in [-0.4, -0.2) is 33.1 Å². The highest BCUT2D eigenvalue weighted by atomic mass is 16.5. The van der Waals surface area contributed by atoms with Gasteiger partial charge in [0.05, 0.1) is 17.8 Å². The molecule has 3 aromatic rings. The lowest BCUT2D eigenvalue weighted by atomic mass is 9.96. The van der Waals surface area contributed by atoms with E-state index in [4.69, 9.17) is 4.52 Å². The Kier molecular flexibility index (Phi) is 5.10. The third-order valence-corrected chi connectivity index (χ3v) is 4.30. The standard InChI is InChI=1S/C21H23N3O3/c1-14-8-19(27-23-14)13-24(4)20(25)16-7-5-6-15(9-16)17-10-18(12-22-11-17)21(2,3)26/h5-12,26H,13H2,1-4H3. The molecule has 6 heteroatoms. The fraction of sp³-hybridized carbons (Fsp3) is 0.286. The number of amides is 1. The fourth-order valence-corrected chi connectivity index (χ4v) is 2.78. The SMILES string of the molecule is Cc1cc(CN(C)C(=O)c2cccc(-c3cncc(C(C)(C)O)c3)c2)on1. The number of aromatic nitrogens is 2. The van der Waals surface area contributed by atoms with Gasteiger partial charge in [-0.05, 0) is 44.5 Å². The first-order chi connectivity index (χ1) is 12.7. The number of carbonyl (C=O) groups is 1. The van der Waals surface area contributed by atoms with Gasteiger partial charge in [-0.3, -0.25) is 9.78 Å². The Balaban J connectivity index is 1.84. The maximum Gasteiger partial charge on any atom is 0.254 e. The number of hydrogen-bond donors (Lipinski definition) is 1. The third-order valence-electron chi connectivity index (χ3n) is 4.30. The molecule has 0 radical (unpaired) electrons. The molecule has 0 saturated carbocycles. The molecule has 2 heterocycles. The van der Waals surface area contributed by atoms with E-state index in [-0.39, 0.29) is 5.91 Å². The molecule has 0 spiro atoms. The number of rotatable bonds is 5. The van der Waals surface area contributed by atoms with Gasteiger partial charge in [0.1, 0.15) is 0 Å². The Morgan fingerprint density at radius 3 is 2.63 bits per heavy atom. The summed E-state index contributed by atoms with van der Waals surface area (Å²) in [5, 5.41) is 14.0. The molecule has 0 aliphatic carbocycles. The summed E-state index contributed by atoms with van der Waals surface area (Å²) in [6, 6.07) is 11.1. The van der Waals surface area contributed by atoms with Crippen molar-refractivity contribution in [1.29, 1.82) is 0 Å². The van der Waals surface area contributed by atoms with Crippen molar-refractivity contribution in [2.75, 3.05) is 7.05 Å². The number of nitrogens with zero attached hydrogens (tertiary/aromatic N) is 3. The summed E-state index contributed by atoms with van der Waals surface area (Å²) < 4.78 is 5.18. The van der Waals surface area contributed by atoms with Crippen LogP contribution in [0.4, 0.5) is 0 Å². The van der Waals surface area contributed by atoms with E-state index in [0.29, 0.717) is 17.9 Å². The molecule has 0 fully saturated rings. The molecule has 27 heavy (non-hydrogen) atoms. The van der Waals surface area contributed by atoms with Crippen molar-refractivity contribution in [1.82, 2.24) is 15.0 Å². The molecule has 6 nitrogen and oxygen atoms in total. The van der Waals surface area contributed by atoms with Gasteiger partial charge in [-0.25, -0.2) is 0 Å². The highest BCUT2D eigenvalue weighted by Gasteiger charge is 2.18. The van der Waals surface area contributed by atoms with Crippen LogP contribution in [0, 0.1) is 6.92 Å². The number of hydrogen-bond acceptors (Lipinski definition) is 5. The predicted molar refractivity (Wildman–Crippen MR) is 102 cm³/mol. The largest absolute Gasteiger partial charge is 0.386 e. The molecule has 0 aliphatic rings. The zero-order valence-corrected chi connectivity index (χ0v) is 15.9. The Labute approximate surface area is 158 Å². The lowest BCUT2D eigenvalue weighted by Crippen LogP contribution is -2.26. The second-order valence-corrected chi connectivity index (χ2v) is 7.20. The van der Waals surface area contributed by atoms with E-state index in [1.54, 1.807) is 44.3 Å². The Morgan fingerprint density at radius 2 is 1.96 bits per heavy atom. The molecule has 1 N–H and O–H groups in total. The third kappa shape index (κ3) is 4.41. The second-order valence-electron chi connectivity index (χ2n) is 7.20. The van der Waals surface area contributed by atoms with Gasteiger partial charge in [0, 0.05) is 42.2 Å². The van der Waals surface area contributed by atoms with Crippen LogP contribution >= 0.6 is 0 Å². The lowest BCUT2D eigenvalue weighted by Gasteiger charge is -2.18. The molecule has 0 unspecified atom stereocenters. The molecule has 1 amide bonds. The number of aliphatic hydroxyl groups is 1. The Morgan fingerprint density at radius 1 is 1.19 bits per heavy atom. The lowest BCUT2D eigenvalue weighted by molar-refractivity contribution is 0.0769. The minimum atomic E-state index is -0.980. The molecule has 140 valence electrons. The van der Waals surface area contributed by atoms with Gasteiger partial charge in [0.15, 0.2) is 5.76 Å². The van der Waals surface area contributed by atoms with E-state index in [9.17, 15) is 9.90 Å². The molecular formula is C21H23N3O3. The van der Waals surface area contributed by atoms with Gasteiger partial charge in [-0.15, -0.1) is 0 Å². The van der Waals surface area contributed by atoms with Gasteiger partial charge in [0.25, 0.3) is 5.91 Å². The first-order valence-corrected chi connectivity index (χ1v) is 8.70. The van der Waals surface area contributed by atoms with Crippen LogP contribution in [0.2, 0.25) is 0 Å². The summed E-state index contributed by atoms with van der Waals surface area (Å²) in [6.45, 7) is 5.62. The van der Waals surface area contributed by atoms with Crippen LogP contribution in [0.5, 0.6) is 0 Å². The van der Waals surface area contributed by atoms with Crippen molar-refractivity contribution in [3.05, 3.63) is 71.4 Å². The van der Waals surface area contributed by atoms with Crippen molar-refractivity contribution >= 4 is 5.91 Å². The summed E-state index contributed by atoms with van der Waals surface area (Å²) in [5.74, 6) is 0.527. The Bertz CT molecular complexity index is 957. The molecule has 0 bridgehead atoms. The van der Waals surface area contributed by atoms with Crippen molar-refractivity contribution in [3.63, 3.8) is 0 Å². The number of carbonyl (C=O) groups excluding carboxylic acids is 1. The minimum Gasteiger partial charge on any atom is -0.386 e. The monoisotopic (exact) mass is 365 g/mol. The van der Waals surface area contributed by atoms with Crippen molar-refractivity contribution in [2.24, 2.45) is 0 Å². The van der Waals surface area contributed by atoms with Crippen LogP contribution in [0.3, 0.4) is 0 Å². The minimum absolute atomic E-state index is 0.113. The Hall–Kier alpha value is -2.99. The van der Waals surface area contributed by atoms with E-state index in [2.05, 4.69) is 10.1 Å². The summed E-state index contributed by atoms with van der Waals surface area (Å²) in [5.41, 5.74) is 2.80. The topological polar surface area (TPSA) is 79.5 Å². The average Bonchev–Trinajstić information content (AvgIpc) is 3.05. The molecule has 2 aromatic heterocycles. The van der Waals surface area contributed by atoms with E-state index < -0.39 is 5.60 Å². The quantitative estimate of drug-likeness (QED) is 0.748. The average molecular weight is 365 g/mol. The highest BCUT2D eigenvalue weighted by molar-refractivity contribution is 5.95. The summed E-state index contributed by atoms with van der Waals surface area (Å²) in [6.07, 6.45) is 3.37. The predicted octanol–water partition coefficient (Wildman–Crippen LogP) is 3.54. The van der Waals surface area contributed by atoms with Gasteiger partial charge in [0.2, 0.25) is 0 Å². The number of pyridine rings is 1. The fourth-order valence-electron chi connectivity index (χ4n) is 2.78. The molecular weight excluding hydrogens is 342 g/mol. The van der Waals surface area contributed by atoms with Crippen molar-refractivity contribution in [3.8, 4) is 11.1 Å². The van der Waals surface area contributed by atoms with Crippen LogP contribution in [0.25, 0.3) is 11.1 Å². The van der Waals surface area contributed by atoms with E-state index >= 15 is 0 Å². The van der Waals surface area contributed by atoms with E-state index in [0.717, 1.165) is 22.4 Å². The molecule has 0 saturated heterocycles. The summed E-state index contributed by atoms with van der Waals surface area (Å²) in [4.78, 5) is 18.6. The van der Waals surface area contributed by atoms with Gasteiger partial charge >= 0.3 is 0 Å². The van der Waals surface area contributed by atoms with Gasteiger partial charge < -0.3 is 14.5 Å². The summed E-state index contributed by atoms with van der Waals surface area (Å²) in [7, 11) is 1.73. The zero-order valence-electron chi connectivity index (χ0n) is 15.9. The van der Waals surface area contributed by atoms with Crippen LogP contribution in [0.1, 0.15) is 41.2 Å². The number of aryl methyl sites for hydroxylation is 1. The number of benzene rings is 1. The normalized spacial score (nSPS) is 11.4. The smallest absolute Gasteiger partial charge is 0.254 e. The van der Waals surface area contributed by atoms with E-state index in [1.807, 2.05) is 37.3 Å². The maximum absolute atomic E-state index is 12.8. The van der Waals surface area contributed by atoms with Crippen LogP contribution in [0.15, 0.2) is 53.3 Å². The summed E-state index contributed by atoms with van der Waals surface area (Å²) >= 11 is 0. The molecule has 1 aromatic carbocycles. The van der Waals surface area contributed by atoms with Crippen LogP contribution < -0.4 is 0 Å². The molecule has 0 aliphatic heterocycles. The first kappa shape index (κ1) is 18.8. The molecule has 0 atom stereocenters. The van der Waals surface area contributed by atoms with Crippen LogP contribution in [-0.2, 0) is 12.1 Å². The van der Waals surface area contributed by atoms with Crippen molar-refractivity contribution < 1.29 is 14.4 Å². The highest BCUT2D eigenvalue weighted by Crippen LogP contribution is 2.26. The van der Waals surface area contributed by atoms with E-state index in [1.165, 1.54) is 0 Å². The molecule has 3 rings (SSSR count). The zero-order chi connectivity index (χ0) is 19.6. The van der Waals surface area contributed by atoms with Gasteiger partial charge in [-0.1, -0.05) is 17.3 Å². The van der Waals surface area contributed by atoms with Gasteiger partial charge in [-0.2, -0.15) is 0 Å². The van der Waals surface area contributed by atoms with Crippen molar-refractivity contribution in [2.45, 2.75) is 32.9 Å².